The van der Waals surface area contributed by atoms with Crippen LogP contribution in [0.3, 0.4) is 0 Å². The Balaban J connectivity index is 1.61. The van der Waals surface area contributed by atoms with Crippen molar-refractivity contribution in [3.8, 4) is 0 Å². The molecule has 0 radical (unpaired) electrons. The van der Waals surface area contributed by atoms with Crippen LogP contribution in [-0.4, -0.2) is 56.3 Å². The lowest BCUT2D eigenvalue weighted by Gasteiger charge is -2.36. The molecule has 7 heteroatoms. The van der Waals surface area contributed by atoms with Gasteiger partial charge in [-0.2, -0.15) is 0 Å². The number of benzene rings is 2. The van der Waals surface area contributed by atoms with Gasteiger partial charge in [-0.1, -0.05) is 42.5 Å². The van der Waals surface area contributed by atoms with Gasteiger partial charge in [0.05, 0.1) is 12.4 Å². The van der Waals surface area contributed by atoms with E-state index in [1.807, 2.05) is 18.2 Å². The topological polar surface area (TPSA) is 86.7 Å². The molecule has 1 aliphatic heterocycles. The fraction of sp³-hybridized carbons (Fsp3) is 0.421. The van der Waals surface area contributed by atoms with Crippen LogP contribution < -0.4 is 4.72 Å². The molecule has 2 N–H and O–H groups in total. The van der Waals surface area contributed by atoms with E-state index in [0.717, 1.165) is 22.6 Å². The van der Waals surface area contributed by atoms with Crippen LogP contribution in [0.4, 0.5) is 0 Å². The number of amides is 1. The van der Waals surface area contributed by atoms with Gasteiger partial charge in [0.1, 0.15) is 0 Å². The smallest absolute Gasteiger partial charge is 0.223 e. The third-order valence-corrected chi connectivity index (χ3v) is 5.57. The lowest BCUT2D eigenvalue weighted by Crippen LogP contribution is -2.46. The highest BCUT2D eigenvalue weighted by molar-refractivity contribution is 7.88. The highest BCUT2D eigenvalue weighted by atomic mass is 32.2. The Morgan fingerprint density at radius 3 is 2.65 bits per heavy atom. The van der Waals surface area contributed by atoms with Gasteiger partial charge in [-0.15, -0.1) is 0 Å². The lowest BCUT2D eigenvalue weighted by molar-refractivity contribution is -0.134. The summed E-state index contributed by atoms with van der Waals surface area (Å²) in [7, 11) is -3.29. The number of nitrogens with one attached hydrogen (secondary N) is 1. The van der Waals surface area contributed by atoms with Gasteiger partial charge in [0, 0.05) is 32.0 Å². The zero-order chi connectivity index (χ0) is 18.7. The molecule has 0 unspecified atom stereocenters. The van der Waals surface area contributed by atoms with E-state index in [1.165, 1.54) is 0 Å². The number of hydrogen-bond donors (Lipinski definition) is 2. The second-order valence-electron chi connectivity index (χ2n) is 6.83. The number of carbonyl (C=O) groups is 1. The maximum absolute atomic E-state index is 12.2. The van der Waals surface area contributed by atoms with Gasteiger partial charge >= 0.3 is 0 Å². The molecule has 0 saturated carbocycles. The molecule has 2 aromatic carbocycles. The van der Waals surface area contributed by atoms with Crippen LogP contribution >= 0.6 is 0 Å². The van der Waals surface area contributed by atoms with Crippen LogP contribution in [0.2, 0.25) is 0 Å². The van der Waals surface area contributed by atoms with E-state index in [1.54, 1.807) is 4.90 Å². The summed E-state index contributed by atoms with van der Waals surface area (Å²) in [6.07, 6.45) is 1.22. The number of carbonyl (C=O) groups excluding carboxylic acids is 1. The Bertz CT molecular complexity index is 897. The van der Waals surface area contributed by atoms with Crippen LogP contribution in [0, 0.1) is 0 Å². The second-order valence-corrected chi connectivity index (χ2v) is 8.66. The molecule has 3 rings (SSSR count). The third-order valence-electron chi connectivity index (χ3n) is 4.84. The number of nitrogens with zero attached hydrogens (tertiary/aromatic N) is 1. The Labute approximate surface area is 153 Å². The lowest BCUT2D eigenvalue weighted by atomic mass is 9.86. The van der Waals surface area contributed by atoms with Gasteiger partial charge in [-0.05, 0) is 22.8 Å². The molecule has 1 aliphatic rings. The highest BCUT2D eigenvalue weighted by Gasteiger charge is 2.31. The molecule has 2 aromatic rings. The van der Waals surface area contributed by atoms with E-state index in [2.05, 4.69) is 29.0 Å². The number of sulfonamides is 1. The molecule has 2 atom stereocenters. The molecule has 1 amide bonds. The van der Waals surface area contributed by atoms with Crippen molar-refractivity contribution in [3.63, 3.8) is 0 Å². The zero-order valence-electron chi connectivity index (χ0n) is 14.8. The molecule has 1 fully saturated rings. The summed E-state index contributed by atoms with van der Waals surface area (Å²) in [6, 6.07) is 14.3. The SMILES string of the molecule is CS(=O)(=O)NCCC(=O)N1CC[C@@H](c2ccc3ccccc3c2)[C@H](O)C1. The monoisotopic (exact) mass is 376 g/mol. The van der Waals surface area contributed by atoms with Crippen molar-refractivity contribution in [2.75, 3.05) is 25.9 Å². The molecule has 0 bridgehead atoms. The maximum Gasteiger partial charge on any atom is 0.223 e. The fourth-order valence-electron chi connectivity index (χ4n) is 3.49. The molecule has 0 aliphatic carbocycles. The number of rotatable bonds is 5. The average molecular weight is 376 g/mol. The van der Waals surface area contributed by atoms with E-state index in [-0.39, 0.29) is 31.3 Å². The van der Waals surface area contributed by atoms with Crippen molar-refractivity contribution in [1.29, 1.82) is 0 Å². The molecule has 1 saturated heterocycles. The van der Waals surface area contributed by atoms with E-state index in [9.17, 15) is 18.3 Å². The molecular weight excluding hydrogens is 352 g/mol. The number of hydrogen-bond acceptors (Lipinski definition) is 4. The first-order chi connectivity index (χ1) is 12.3. The minimum atomic E-state index is -3.29. The summed E-state index contributed by atoms with van der Waals surface area (Å²) in [6.45, 7) is 0.916. The van der Waals surface area contributed by atoms with Gasteiger partial charge in [-0.25, -0.2) is 13.1 Å². The first-order valence-corrected chi connectivity index (χ1v) is 10.6. The zero-order valence-corrected chi connectivity index (χ0v) is 15.6. The first kappa shape index (κ1) is 18.8. The predicted molar refractivity (Wildman–Crippen MR) is 101 cm³/mol. The highest BCUT2D eigenvalue weighted by Crippen LogP contribution is 2.30. The van der Waals surface area contributed by atoms with Gasteiger partial charge in [0.2, 0.25) is 15.9 Å². The van der Waals surface area contributed by atoms with Crippen molar-refractivity contribution in [2.45, 2.75) is 24.9 Å². The van der Waals surface area contributed by atoms with E-state index in [4.69, 9.17) is 0 Å². The second kappa shape index (κ2) is 7.73. The number of likely N-dealkylation sites (tertiary alicyclic amines) is 1. The van der Waals surface area contributed by atoms with Crippen LogP contribution in [0.25, 0.3) is 10.8 Å². The van der Waals surface area contributed by atoms with Crippen molar-refractivity contribution in [2.24, 2.45) is 0 Å². The molecule has 26 heavy (non-hydrogen) atoms. The van der Waals surface area contributed by atoms with Crippen molar-refractivity contribution < 1.29 is 18.3 Å². The Kier molecular flexibility index (Phi) is 5.60. The molecule has 140 valence electrons. The number of piperidine rings is 1. The summed E-state index contributed by atoms with van der Waals surface area (Å²) >= 11 is 0. The summed E-state index contributed by atoms with van der Waals surface area (Å²) in [5, 5.41) is 12.9. The standard InChI is InChI=1S/C19H24N2O4S/c1-26(24,25)20-10-8-19(23)21-11-9-17(18(22)13-21)16-7-6-14-4-2-3-5-15(14)12-16/h2-7,12,17-18,20,22H,8-11,13H2,1H3/t17-,18+/m0/s1. The van der Waals surface area contributed by atoms with Gasteiger partial charge in [-0.3, -0.25) is 4.79 Å². The van der Waals surface area contributed by atoms with Crippen LogP contribution in [0.1, 0.15) is 24.3 Å². The van der Waals surface area contributed by atoms with Crippen LogP contribution in [-0.2, 0) is 14.8 Å². The molecule has 1 heterocycles. The molecule has 0 aromatic heterocycles. The Hall–Kier alpha value is -1.96. The summed E-state index contributed by atoms with van der Waals surface area (Å²) in [5.41, 5.74) is 1.09. The minimum absolute atomic E-state index is 0.00204. The van der Waals surface area contributed by atoms with Crippen LogP contribution in [0.5, 0.6) is 0 Å². The Morgan fingerprint density at radius 1 is 1.23 bits per heavy atom. The summed E-state index contributed by atoms with van der Waals surface area (Å²) in [5.74, 6) is -0.144. The Morgan fingerprint density at radius 2 is 1.96 bits per heavy atom. The average Bonchev–Trinajstić information content (AvgIpc) is 2.60. The first-order valence-electron chi connectivity index (χ1n) is 8.73. The normalized spacial score (nSPS) is 21.1. The predicted octanol–water partition coefficient (Wildman–Crippen LogP) is 1.46. The van der Waals surface area contributed by atoms with Crippen molar-refractivity contribution >= 4 is 26.7 Å². The quantitative estimate of drug-likeness (QED) is 0.827. The van der Waals surface area contributed by atoms with Crippen LogP contribution in [0.15, 0.2) is 42.5 Å². The number of aliphatic hydroxyl groups is 1. The van der Waals surface area contributed by atoms with E-state index < -0.39 is 16.1 Å². The minimum Gasteiger partial charge on any atom is -0.391 e. The van der Waals surface area contributed by atoms with Gasteiger partial charge < -0.3 is 10.0 Å². The number of aliphatic hydroxyl groups excluding tert-OH is 1. The third kappa shape index (κ3) is 4.60. The molecule has 6 nitrogen and oxygen atoms in total. The van der Waals surface area contributed by atoms with Crippen molar-refractivity contribution in [1.82, 2.24) is 9.62 Å². The number of fused-ring (bicyclic) bond motifs is 1. The largest absolute Gasteiger partial charge is 0.391 e. The van der Waals surface area contributed by atoms with Crippen molar-refractivity contribution in [3.05, 3.63) is 48.0 Å². The maximum atomic E-state index is 12.2. The summed E-state index contributed by atoms with van der Waals surface area (Å²) < 4.78 is 24.4. The van der Waals surface area contributed by atoms with E-state index in [0.29, 0.717) is 13.0 Å². The fourth-order valence-corrected chi connectivity index (χ4v) is 3.96. The summed E-state index contributed by atoms with van der Waals surface area (Å²) in [4.78, 5) is 13.8. The number of β-amino-alcohol motifs (C(OH)–C–C–N with tert-alkyl or cyclic N) is 1. The van der Waals surface area contributed by atoms with Gasteiger partial charge in [0.25, 0.3) is 0 Å². The molecule has 0 spiro atoms. The molecular formula is C19H24N2O4S. The van der Waals surface area contributed by atoms with Gasteiger partial charge in [0.15, 0.2) is 0 Å². The van der Waals surface area contributed by atoms with E-state index >= 15 is 0 Å².